The monoisotopic (exact) mass is 212 g/mol. The molecule has 0 aromatic heterocycles. The molecule has 0 radical (unpaired) electrons. The van der Waals surface area contributed by atoms with E-state index in [0.29, 0.717) is 6.04 Å². The van der Waals surface area contributed by atoms with E-state index in [1.54, 1.807) is 0 Å². The first kappa shape index (κ1) is 12.5. The molecule has 0 saturated heterocycles. The van der Waals surface area contributed by atoms with Gasteiger partial charge in [-0.25, -0.2) is 0 Å². The van der Waals surface area contributed by atoms with Gasteiger partial charge in [0.15, 0.2) is 0 Å². The van der Waals surface area contributed by atoms with Crippen LogP contribution in [0.25, 0.3) is 0 Å². The van der Waals surface area contributed by atoms with E-state index in [2.05, 4.69) is 19.2 Å². The predicted octanol–water partition coefficient (Wildman–Crippen LogP) is 1.81. The minimum atomic E-state index is -0.313. The first-order chi connectivity index (χ1) is 7.13. The zero-order valence-electron chi connectivity index (χ0n) is 9.96. The van der Waals surface area contributed by atoms with Crippen molar-refractivity contribution < 1.29 is 4.79 Å². The fourth-order valence-corrected chi connectivity index (χ4v) is 2.32. The summed E-state index contributed by atoms with van der Waals surface area (Å²) < 4.78 is 0. The third kappa shape index (κ3) is 4.20. The number of hydrogen-bond acceptors (Lipinski definition) is 2. The van der Waals surface area contributed by atoms with Gasteiger partial charge in [0, 0.05) is 6.04 Å². The molecule has 0 aromatic rings. The number of carbonyl (C=O) groups is 1. The van der Waals surface area contributed by atoms with Gasteiger partial charge in [0.05, 0.1) is 6.04 Å². The van der Waals surface area contributed by atoms with Gasteiger partial charge in [0.25, 0.3) is 0 Å². The second-order valence-electron chi connectivity index (χ2n) is 4.87. The summed E-state index contributed by atoms with van der Waals surface area (Å²) in [6.45, 7) is 4.31. The molecule has 1 amide bonds. The third-order valence-corrected chi connectivity index (χ3v) is 3.22. The van der Waals surface area contributed by atoms with Gasteiger partial charge in [-0.2, -0.15) is 0 Å². The van der Waals surface area contributed by atoms with Crippen molar-refractivity contribution in [2.45, 2.75) is 64.5 Å². The standard InChI is InChI=1S/C12H24N2O/c1-3-5-11(13)12(15)14-10-7-4-6-9(2)8-10/h9-11H,3-8,13H2,1-2H3,(H,14,15)/t9?,10?,11-/m1/s1. The lowest BCUT2D eigenvalue weighted by Crippen LogP contribution is -2.46. The van der Waals surface area contributed by atoms with E-state index in [4.69, 9.17) is 5.73 Å². The van der Waals surface area contributed by atoms with Crippen molar-refractivity contribution in [3.63, 3.8) is 0 Å². The summed E-state index contributed by atoms with van der Waals surface area (Å²) >= 11 is 0. The van der Waals surface area contributed by atoms with Gasteiger partial charge in [-0.3, -0.25) is 4.79 Å². The molecule has 1 rings (SSSR count). The highest BCUT2D eigenvalue weighted by Gasteiger charge is 2.22. The molecule has 0 spiro atoms. The van der Waals surface area contributed by atoms with Gasteiger partial charge in [0.2, 0.25) is 5.91 Å². The van der Waals surface area contributed by atoms with E-state index in [1.165, 1.54) is 12.8 Å². The van der Waals surface area contributed by atoms with Gasteiger partial charge < -0.3 is 11.1 Å². The Morgan fingerprint density at radius 3 is 2.87 bits per heavy atom. The SMILES string of the molecule is CCC[C@@H](N)C(=O)NC1CCCC(C)C1. The second-order valence-corrected chi connectivity index (χ2v) is 4.87. The average Bonchev–Trinajstić information content (AvgIpc) is 2.18. The maximum absolute atomic E-state index is 11.7. The Hall–Kier alpha value is -0.570. The Balaban J connectivity index is 2.30. The van der Waals surface area contributed by atoms with Crippen LogP contribution in [-0.4, -0.2) is 18.0 Å². The number of amides is 1. The van der Waals surface area contributed by atoms with Crippen LogP contribution in [0.3, 0.4) is 0 Å². The van der Waals surface area contributed by atoms with E-state index < -0.39 is 0 Å². The van der Waals surface area contributed by atoms with E-state index >= 15 is 0 Å². The van der Waals surface area contributed by atoms with Crippen molar-refractivity contribution in [2.24, 2.45) is 11.7 Å². The molecule has 2 unspecified atom stereocenters. The molecular formula is C12H24N2O. The van der Waals surface area contributed by atoms with Crippen LogP contribution in [0.15, 0.2) is 0 Å². The number of hydrogen-bond donors (Lipinski definition) is 2. The van der Waals surface area contributed by atoms with Crippen LogP contribution in [-0.2, 0) is 4.79 Å². The van der Waals surface area contributed by atoms with Crippen LogP contribution in [0.1, 0.15) is 52.4 Å². The first-order valence-corrected chi connectivity index (χ1v) is 6.19. The molecule has 3 N–H and O–H groups in total. The highest BCUT2D eigenvalue weighted by atomic mass is 16.2. The first-order valence-electron chi connectivity index (χ1n) is 6.19. The fourth-order valence-electron chi connectivity index (χ4n) is 2.32. The van der Waals surface area contributed by atoms with Crippen molar-refractivity contribution in [3.8, 4) is 0 Å². The number of rotatable bonds is 4. The van der Waals surface area contributed by atoms with Gasteiger partial charge in [-0.1, -0.05) is 33.1 Å². The molecule has 1 aliphatic rings. The summed E-state index contributed by atoms with van der Waals surface area (Å²) in [5.74, 6) is 0.780. The molecule has 0 aliphatic heterocycles. The normalized spacial score (nSPS) is 28.5. The van der Waals surface area contributed by atoms with Gasteiger partial charge >= 0.3 is 0 Å². The van der Waals surface area contributed by atoms with Crippen LogP contribution in [0, 0.1) is 5.92 Å². The highest BCUT2D eigenvalue weighted by Crippen LogP contribution is 2.23. The Labute approximate surface area is 92.8 Å². The van der Waals surface area contributed by atoms with Crippen LogP contribution in [0.5, 0.6) is 0 Å². The molecule has 0 aromatic carbocycles. The third-order valence-electron chi connectivity index (χ3n) is 3.22. The molecule has 3 nitrogen and oxygen atoms in total. The zero-order valence-corrected chi connectivity index (χ0v) is 9.96. The molecule has 3 heteroatoms. The van der Waals surface area contributed by atoms with Gasteiger partial charge in [-0.15, -0.1) is 0 Å². The lowest BCUT2D eigenvalue weighted by molar-refractivity contribution is -0.123. The lowest BCUT2D eigenvalue weighted by atomic mass is 9.87. The number of carbonyl (C=O) groups excluding carboxylic acids is 1. The Morgan fingerprint density at radius 1 is 1.53 bits per heavy atom. The number of nitrogens with one attached hydrogen (secondary N) is 1. The Kier molecular flexibility index (Phi) is 5.09. The van der Waals surface area contributed by atoms with Gasteiger partial charge in [0.1, 0.15) is 0 Å². The van der Waals surface area contributed by atoms with E-state index in [9.17, 15) is 4.79 Å². The van der Waals surface area contributed by atoms with Crippen molar-refractivity contribution in [2.75, 3.05) is 0 Å². The fraction of sp³-hybridized carbons (Fsp3) is 0.917. The molecule has 0 heterocycles. The maximum Gasteiger partial charge on any atom is 0.237 e. The molecule has 1 fully saturated rings. The summed E-state index contributed by atoms with van der Waals surface area (Å²) in [6, 6.07) is 0.0522. The minimum absolute atomic E-state index is 0.0379. The van der Waals surface area contributed by atoms with Crippen LogP contribution in [0.2, 0.25) is 0 Å². The molecule has 3 atom stereocenters. The highest BCUT2D eigenvalue weighted by molar-refractivity contribution is 5.81. The summed E-state index contributed by atoms with van der Waals surface area (Å²) in [7, 11) is 0. The quantitative estimate of drug-likeness (QED) is 0.746. The second kappa shape index (κ2) is 6.11. The van der Waals surface area contributed by atoms with Crippen LogP contribution >= 0.6 is 0 Å². The minimum Gasteiger partial charge on any atom is -0.352 e. The average molecular weight is 212 g/mol. The lowest BCUT2D eigenvalue weighted by Gasteiger charge is -2.28. The number of nitrogens with two attached hydrogens (primary N) is 1. The van der Waals surface area contributed by atoms with Crippen LogP contribution in [0.4, 0.5) is 0 Å². The summed E-state index contributed by atoms with van der Waals surface area (Å²) in [5, 5.41) is 3.07. The predicted molar refractivity (Wildman–Crippen MR) is 62.4 cm³/mol. The molecule has 0 bridgehead atoms. The molecule has 88 valence electrons. The Bertz CT molecular complexity index is 206. The van der Waals surface area contributed by atoms with Crippen molar-refractivity contribution >= 4 is 5.91 Å². The van der Waals surface area contributed by atoms with Crippen LogP contribution < -0.4 is 11.1 Å². The van der Waals surface area contributed by atoms with E-state index in [1.807, 2.05) is 0 Å². The topological polar surface area (TPSA) is 55.1 Å². The van der Waals surface area contributed by atoms with Crippen molar-refractivity contribution in [3.05, 3.63) is 0 Å². The Morgan fingerprint density at radius 2 is 2.27 bits per heavy atom. The summed E-state index contributed by atoms with van der Waals surface area (Å²) in [5.41, 5.74) is 5.77. The van der Waals surface area contributed by atoms with Gasteiger partial charge in [-0.05, 0) is 25.2 Å². The van der Waals surface area contributed by atoms with E-state index in [0.717, 1.165) is 31.6 Å². The molecular weight excluding hydrogens is 188 g/mol. The van der Waals surface area contributed by atoms with Crippen molar-refractivity contribution in [1.82, 2.24) is 5.32 Å². The maximum atomic E-state index is 11.7. The largest absolute Gasteiger partial charge is 0.352 e. The summed E-state index contributed by atoms with van der Waals surface area (Å²) in [6.07, 6.45) is 6.52. The molecule has 15 heavy (non-hydrogen) atoms. The smallest absolute Gasteiger partial charge is 0.237 e. The molecule has 1 aliphatic carbocycles. The van der Waals surface area contributed by atoms with Crippen molar-refractivity contribution in [1.29, 1.82) is 0 Å². The van der Waals surface area contributed by atoms with E-state index in [-0.39, 0.29) is 11.9 Å². The summed E-state index contributed by atoms with van der Waals surface area (Å²) in [4.78, 5) is 11.7. The molecule has 1 saturated carbocycles. The zero-order chi connectivity index (χ0) is 11.3.